The molecule has 2 unspecified atom stereocenters. The van der Waals surface area contributed by atoms with Crippen molar-refractivity contribution in [1.29, 1.82) is 0 Å². The first kappa shape index (κ1) is 20.8. The number of nitrogens with one attached hydrogen (secondary N) is 2. The maximum absolute atomic E-state index is 13.8. The van der Waals surface area contributed by atoms with E-state index < -0.39 is 41.6 Å². The van der Waals surface area contributed by atoms with Crippen LogP contribution >= 0.6 is 11.6 Å². The molecule has 1 saturated heterocycles. The van der Waals surface area contributed by atoms with Crippen LogP contribution in [0.15, 0.2) is 54.2 Å². The van der Waals surface area contributed by atoms with Crippen molar-refractivity contribution < 1.29 is 23.2 Å². The van der Waals surface area contributed by atoms with Crippen molar-refractivity contribution in [2.75, 3.05) is 11.9 Å². The Labute approximate surface area is 181 Å². The average molecular weight is 447 g/mol. The first-order valence-electron chi connectivity index (χ1n) is 9.32. The Bertz CT molecular complexity index is 1090. The summed E-state index contributed by atoms with van der Waals surface area (Å²) in [5, 5.41) is 5.57. The Hall–Kier alpha value is -3.46. The molecule has 0 spiro atoms. The van der Waals surface area contributed by atoms with E-state index in [-0.39, 0.29) is 17.7 Å². The zero-order chi connectivity index (χ0) is 22.3. The minimum Gasteiger partial charge on any atom is -0.366 e. The molecular formula is C21H17ClF2N4O3. The van der Waals surface area contributed by atoms with E-state index >= 15 is 0 Å². The summed E-state index contributed by atoms with van der Waals surface area (Å²) in [5.74, 6) is -2.72. The Morgan fingerprint density at radius 1 is 1.13 bits per heavy atom. The van der Waals surface area contributed by atoms with Gasteiger partial charge in [-0.05, 0) is 36.4 Å². The molecule has 31 heavy (non-hydrogen) atoms. The van der Waals surface area contributed by atoms with Gasteiger partial charge < -0.3 is 15.5 Å². The summed E-state index contributed by atoms with van der Waals surface area (Å²) in [7, 11) is 1.60. The summed E-state index contributed by atoms with van der Waals surface area (Å²) >= 11 is 5.87. The second-order valence-corrected chi connectivity index (χ2v) is 7.59. The van der Waals surface area contributed by atoms with Gasteiger partial charge in [0.25, 0.3) is 11.8 Å². The van der Waals surface area contributed by atoms with E-state index in [1.54, 1.807) is 31.3 Å². The van der Waals surface area contributed by atoms with Crippen LogP contribution in [0.2, 0.25) is 5.02 Å². The van der Waals surface area contributed by atoms with Crippen LogP contribution in [0.5, 0.6) is 0 Å². The van der Waals surface area contributed by atoms with Crippen molar-refractivity contribution in [3.63, 3.8) is 0 Å². The van der Waals surface area contributed by atoms with Crippen molar-refractivity contribution in [3.05, 3.63) is 76.5 Å². The molecular weight excluding hydrogens is 430 g/mol. The molecule has 160 valence electrons. The highest BCUT2D eigenvalue weighted by molar-refractivity contribution is 6.30. The molecule has 0 radical (unpaired) electrons. The van der Waals surface area contributed by atoms with Gasteiger partial charge >= 0.3 is 6.03 Å². The number of amides is 4. The van der Waals surface area contributed by atoms with Gasteiger partial charge in [-0.3, -0.25) is 9.59 Å². The molecule has 2 aliphatic rings. The maximum atomic E-state index is 13.8. The number of anilines is 1. The van der Waals surface area contributed by atoms with Crippen molar-refractivity contribution in [2.24, 2.45) is 0 Å². The SMILES string of the molecule is CN1C=C(C(=O)NCc2c(F)cccc2F)C2NC(=O)N(c3ccc(Cl)cc3)C(=O)C21. The standard InChI is InChI=1S/C21H17ClF2N4O3/c1-27-10-14(19(29)25-9-13-15(23)3-2-4-16(13)24)17-18(27)20(30)28(21(31)26-17)12-7-5-11(22)6-8-12/h2-8,10,17-18H,9H2,1H3,(H,25,29)(H,26,31). The Kier molecular flexibility index (Phi) is 5.36. The average Bonchev–Trinajstić information content (AvgIpc) is 3.05. The summed E-state index contributed by atoms with van der Waals surface area (Å²) < 4.78 is 27.6. The Morgan fingerprint density at radius 3 is 2.42 bits per heavy atom. The molecule has 0 aliphatic carbocycles. The van der Waals surface area contributed by atoms with Gasteiger partial charge in [0.2, 0.25) is 0 Å². The molecule has 7 nitrogen and oxygen atoms in total. The molecule has 0 bridgehead atoms. The lowest BCUT2D eigenvalue weighted by molar-refractivity contribution is -0.122. The number of likely N-dealkylation sites (N-methyl/N-ethyl adjacent to an activating group) is 1. The number of benzene rings is 2. The quantitative estimate of drug-likeness (QED) is 0.756. The van der Waals surface area contributed by atoms with Crippen molar-refractivity contribution in [1.82, 2.24) is 15.5 Å². The fraction of sp³-hybridized carbons (Fsp3) is 0.190. The normalized spacial score (nSPS) is 20.3. The minimum absolute atomic E-state index is 0.113. The summed E-state index contributed by atoms with van der Waals surface area (Å²) in [6.07, 6.45) is 1.44. The summed E-state index contributed by atoms with van der Waals surface area (Å²) in [4.78, 5) is 40.9. The third-order valence-electron chi connectivity index (χ3n) is 5.22. The van der Waals surface area contributed by atoms with E-state index in [0.29, 0.717) is 10.7 Å². The van der Waals surface area contributed by atoms with Crippen LogP contribution in [0.25, 0.3) is 0 Å². The third-order valence-corrected chi connectivity index (χ3v) is 5.47. The van der Waals surface area contributed by atoms with Crippen LogP contribution < -0.4 is 15.5 Å². The predicted octanol–water partition coefficient (Wildman–Crippen LogP) is 2.56. The lowest BCUT2D eigenvalue weighted by atomic mass is 9.99. The number of rotatable bonds is 4. The number of fused-ring (bicyclic) bond motifs is 1. The number of imide groups is 1. The molecule has 0 aromatic heterocycles. The maximum Gasteiger partial charge on any atom is 0.329 e. The summed E-state index contributed by atoms with van der Waals surface area (Å²) in [6, 6.07) is 7.16. The molecule has 4 amide bonds. The smallest absolute Gasteiger partial charge is 0.329 e. The van der Waals surface area contributed by atoms with E-state index in [9.17, 15) is 23.2 Å². The van der Waals surface area contributed by atoms with Crippen LogP contribution in [0.3, 0.4) is 0 Å². The van der Waals surface area contributed by atoms with Crippen molar-refractivity contribution in [3.8, 4) is 0 Å². The number of urea groups is 1. The van der Waals surface area contributed by atoms with Gasteiger partial charge in [-0.2, -0.15) is 0 Å². The van der Waals surface area contributed by atoms with Gasteiger partial charge in [0.15, 0.2) is 0 Å². The molecule has 2 atom stereocenters. The monoisotopic (exact) mass is 446 g/mol. The largest absolute Gasteiger partial charge is 0.366 e. The predicted molar refractivity (Wildman–Crippen MR) is 109 cm³/mol. The molecule has 2 aromatic rings. The molecule has 2 N–H and O–H groups in total. The third kappa shape index (κ3) is 3.72. The van der Waals surface area contributed by atoms with Gasteiger partial charge in [0.1, 0.15) is 17.7 Å². The number of halogens is 3. The van der Waals surface area contributed by atoms with E-state index in [1.165, 1.54) is 17.2 Å². The zero-order valence-corrected chi connectivity index (χ0v) is 17.0. The molecule has 2 aromatic carbocycles. The van der Waals surface area contributed by atoms with E-state index in [4.69, 9.17) is 11.6 Å². The van der Waals surface area contributed by atoms with Gasteiger partial charge in [0, 0.05) is 30.4 Å². The van der Waals surface area contributed by atoms with Crippen LogP contribution in [0, 0.1) is 11.6 Å². The first-order chi connectivity index (χ1) is 14.8. The first-order valence-corrected chi connectivity index (χ1v) is 9.70. The fourth-order valence-corrected chi connectivity index (χ4v) is 3.82. The summed E-state index contributed by atoms with van der Waals surface area (Å²) in [5.41, 5.74) is 0.172. The van der Waals surface area contributed by atoms with Crippen LogP contribution in [0.1, 0.15) is 5.56 Å². The van der Waals surface area contributed by atoms with Gasteiger partial charge in [0.05, 0.1) is 17.3 Å². The highest BCUT2D eigenvalue weighted by atomic mass is 35.5. The molecule has 4 rings (SSSR count). The highest BCUT2D eigenvalue weighted by Crippen LogP contribution is 2.30. The number of carbonyl (C=O) groups excluding carboxylic acids is 3. The number of nitrogens with zero attached hydrogens (tertiary/aromatic N) is 2. The minimum atomic E-state index is -0.904. The zero-order valence-electron chi connectivity index (χ0n) is 16.2. The van der Waals surface area contributed by atoms with Gasteiger partial charge in [-0.25, -0.2) is 18.5 Å². The van der Waals surface area contributed by atoms with Gasteiger partial charge in [-0.15, -0.1) is 0 Å². The Morgan fingerprint density at radius 2 is 1.77 bits per heavy atom. The topological polar surface area (TPSA) is 81.8 Å². The molecule has 10 heteroatoms. The summed E-state index contributed by atoms with van der Waals surface area (Å²) in [6.45, 7) is -0.380. The van der Waals surface area contributed by atoms with Crippen molar-refractivity contribution >= 4 is 35.1 Å². The van der Waals surface area contributed by atoms with Crippen LogP contribution in [-0.4, -0.2) is 41.9 Å². The second kappa shape index (κ2) is 7.99. The molecule has 1 fully saturated rings. The molecule has 0 saturated carbocycles. The number of hydrogen-bond acceptors (Lipinski definition) is 4. The lowest BCUT2D eigenvalue weighted by Crippen LogP contribution is -2.65. The van der Waals surface area contributed by atoms with Crippen LogP contribution in [-0.2, 0) is 16.1 Å². The fourth-order valence-electron chi connectivity index (χ4n) is 3.70. The second-order valence-electron chi connectivity index (χ2n) is 7.15. The lowest BCUT2D eigenvalue weighted by Gasteiger charge is -2.37. The van der Waals surface area contributed by atoms with Crippen molar-refractivity contribution in [2.45, 2.75) is 18.6 Å². The van der Waals surface area contributed by atoms with Gasteiger partial charge in [-0.1, -0.05) is 17.7 Å². The molecule has 2 heterocycles. The number of hydrogen-bond donors (Lipinski definition) is 2. The van der Waals surface area contributed by atoms with E-state index in [2.05, 4.69) is 10.6 Å². The highest BCUT2D eigenvalue weighted by Gasteiger charge is 2.49. The Balaban J connectivity index is 1.52. The van der Waals surface area contributed by atoms with E-state index in [1.807, 2.05) is 0 Å². The number of carbonyl (C=O) groups is 3. The van der Waals surface area contributed by atoms with E-state index in [0.717, 1.165) is 17.0 Å². The molecule has 2 aliphatic heterocycles. The van der Waals surface area contributed by atoms with Crippen LogP contribution in [0.4, 0.5) is 19.3 Å².